The van der Waals surface area contributed by atoms with Gasteiger partial charge in [-0.25, -0.2) is 4.79 Å². The predicted molar refractivity (Wildman–Crippen MR) is 91.2 cm³/mol. The predicted octanol–water partition coefficient (Wildman–Crippen LogP) is 4.58. The Hall–Kier alpha value is -2.62. The lowest BCUT2D eigenvalue weighted by Gasteiger charge is -2.03. The van der Waals surface area contributed by atoms with Crippen LogP contribution in [-0.2, 0) is 4.74 Å². The monoisotopic (exact) mass is 321 g/mol. The summed E-state index contributed by atoms with van der Waals surface area (Å²) in [7, 11) is 0. The zero-order valence-corrected chi connectivity index (χ0v) is 13.8. The van der Waals surface area contributed by atoms with E-state index in [0.29, 0.717) is 29.8 Å². The van der Waals surface area contributed by atoms with Crippen LogP contribution in [0.5, 0.6) is 0 Å². The molecule has 2 unspecified atom stereocenters. The summed E-state index contributed by atoms with van der Waals surface area (Å²) in [6, 6.07) is 12.2. The average molecular weight is 321 g/mol. The van der Waals surface area contributed by atoms with Gasteiger partial charge in [-0.3, -0.25) is 4.98 Å². The quantitative estimate of drug-likeness (QED) is 0.660. The van der Waals surface area contributed by atoms with Gasteiger partial charge in [0.05, 0.1) is 6.61 Å². The van der Waals surface area contributed by atoms with Crippen LogP contribution in [0.1, 0.15) is 52.6 Å². The fraction of sp³-hybridized carbons (Fsp3) is 0.300. The van der Waals surface area contributed by atoms with Gasteiger partial charge in [-0.15, -0.1) is 0 Å². The van der Waals surface area contributed by atoms with E-state index in [4.69, 9.17) is 9.15 Å². The maximum atomic E-state index is 12.2. The number of pyridine rings is 1. The van der Waals surface area contributed by atoms with Crippen LogP contribution in [0.2, 0.25) is 0 Å². The van der Waals surface area contributed by atoms with Crippen molar-refractivity contribution >= 4 is 16.9 Å². The van der Waals surface area contributed by atoms with E-state index in [0.717, 1.165) is 23.1 Å². The van der Waals surface area contributed by atoms with E-state index in [1.54, 1.807) is 6.92 Å². The number of nitrogens with zero attached hydrogens (tertiary/aromatic N) is 1. The first-order chi connectivity index (χ1) is 11.7. The third-order valence-corrected chi connectivity index (χ3v) is 4.65. The SMILES string of the molecule is CCOC(=O)c1c(C)oc2ccc(C3CC3c3ccccn3)cc12. The third kappa shape index (κ3) is 2.48. The molecule has 2 aromatic heterocycles. The smallest absolute Gasteiger partial charge is 0.342 e. The van der Waals surface area contributed by atoms with Gasteiger partial charge in [0.2, 0.25) is 0 Å². The highest BCUT2D eigenvalue weighted by Crippen LogP contribution is 2.54. The van der Waals surface area contributed by atoms with Gasteiger partial charge in [0.25, 0.3) is 0 Å². The molecule has 4 rings (SSSR count). The van der Waals surface area contributed by atoms with Crippen molar-refractivity contribution in [2.75, 3.05) is 6.61 Å². The maximum absolute atomic E-state index is 12.2. The number of esters is 1. The van der Waals surface area contributed by atoms with Gasteiger partial charge in [0, 0.05) is 23.2 Å². The molecule has 0 aliphatic heterocycles. The Morgan fingerprint density at radius 3 is 2.92 bits per heavy atom. The van der Waals surface area contributed by atoms with E-state index in [9.17, 15) is 4.79 Å². The first kappa shape index (κ1) is 14.9. The minimum Gasteiger partial charge on any atom is -0.462 e. The molecule has 4 nitrogen and oxygen atoms in total. The normalized spacial score (nSPS) is 19.4. The van der Waals surface area contributed by atoms with Crippen LogP contribution < -0.4 is 0 Å². The zero-order valence-electron chi connectivity index (χ0n) is 13.8. The van der Waals surface area contributed by atoms with Crippen molar-refractivity contribution in [1.82, 2.24) is 4.98 Å². The third-order valence-electron chi connectivity index (χ3n) is 4.65. The first-order valence-electron chi connectivity index (χ1n) is 8.30. The van der Waals surface area contributed by atoms with E-state index in [1.807, 2.05) is 31.3 Å². The second kappa shape index (κ2) is 5.78. The van der Waals surface area contributed by atoms with Crippen LogP contribution in [0.25, 0.3) is 11.0 Å². The van der Waals surface area contributed by atoms with E-state index in [1.165, 1.54) is 5.56 Å². The summed E-state index contributed by atoms with van der Waals surface area (Å²) in [5.41, 5.74) is 3.64. The molecule has 0 amide bonds. The molecule has 1 aliphatic carbocycles. The van der Waals surface area contributed by atoms with E-state index >= 15 is 0 Å². The Kier molecular flexibility index (Phi) is 3.60. The van der Waals surface area contributed by atoms with Crippen molar-refractivity contribution < 1.29 is 13.9 Å². The number of carbonyl (C=O) groups excluding carboxylic acids is 1. The summed E-state index contributed by atoms with van der Waals surface area (Å²) in [4.78, 5) is 16.7. The highest BCUT2D eigenvalue weighted by Gasteiger charge is 2.40. The average Bonchev–Trinajstić information content (AvgIpc) is 3.32. The van der Waals surface area contributed by atoms with E-state index in [2.05, 4.69) is 23.2 Å². The fourth-order valence-electron chi connectivity index (χ4n) is 3.41. The van der Waals surface area contributed by atoms with Crippen LogP contribution in [0.4, 0.5) is 0 Å². The summed E-state index contributed by atoms with van der Waals surface area (Å²) in [6.45, 7) is 3.97. The fourth-order valence-corrected chi connectivity index (χ4v) is 3.41. The number of rotatable bonds is 4. The molecule has 1 fully saturated rings. The highest BCUT2D eigenvalue weighted by molar-refractivity contribution is 6.04. The molecule has 0 radical (unpaired) electrons. The van der Waals surface area contributed by atoms with Gasteiger partial charge in [0.15, 0.2) is 0 Å². The van der Waals surface area contributed by atoms with Crippen LogP contribution in [0.3, 0.4) is 0 Å². The van der Waals surface area contributed by atoms with E-state index < -0.39 is 0 Å². The van der Waals surface area contributed by atoms with Gasteiger partial charge in [-0.1, -0.05) is 12.1 Å². The van der Waals surface area contributed by atoms with Gasteiger partial charge in [0.1, 0.15) is 16.9 Å². The molecule has 1 saturated carbocycles. The second-order valence-corrected chi connectivity index (χ2v) is 6.21. The molecule has 122 valence electrons. The van der Waals surface area contributed by atoms with Crippen molar-refractivity contribution in [3.8, 4) is 0 Å². The maximum Gasteiger partial charge on any atom is 0.342 e. The van der Waals surface area contributed by atoms with Crippen molar-refractivity contribution in [3.63, 3.8) is 0 Å². The van der Waals surface area contributed by atoms with Gasteiger partial charge in [-0.2, -0.15) is 0 Å². The van der Waals surface area contributed by atoms with Crippen molar-refractivity contribution in [2.24, 2.45) is 0 Å². The number of benzene rings is 1. The van der Waals surface area contributed by atoms with Gasteiger partial charge < -0.3 is 9.15 Å². The lowest BCUT2D eigenvalue weighted by molar-refractivity contribution is 0.0526. The van der Waals surface area contributed by atoms with Crippen molar-refractivity contribution in [1.29, 1.82) is 0 Å². The topological polar surface area (TPSA) is 52.3 Å². The lowest BCUT2D eigenvalue weighted by atomic mass is 10.0. The molecular weight excluding hydrogens is 302 g/mol. The highest BCUT2D eigenvalue weighted by atomic mass is 16.5. The number of furan rings is 1. The van der Waals surface area contributed by atoms with Crippen molar-refractivity contribution in [2.45, 2.75) is 32.1 Å². The molecule has 0 bridgehead atoms. The molecule has 1 aliphatic rings. The summed E-state index contributed by atoms with van der Waals surface area (Å²) in [6.07, 6.45) is 2.93. The molecule has 0 spiro atoms. The van der Waals surface area contributed by atoms with Crippen LogP contribution in [0.15, 0.2) is 47.0 Å². The molecule has 24 heavy (non-hydrogen) atoms. The molecule has 2 heterocycles. The Morgan fingerprint density at radius 1 is 1.29 bits per heavy atom. The number of carbonyl (C=O) groups is 1. The Labute approximate surface area is 140 Å². The van der Waals surface area contributed by atoms with Crippen LogP contribution in [-0.4, -0.2) is 17.6 Å². The minimum absolute atomic E-state index is 0.317. The molecule has 1 aromatic carbocycles. The standard InChI is InChI=1S/C20H19NO3/c1-3-23-20(22)19-12(2)24-18-8-7-13(10-16(18)19)14-11-15(14)17-6-4-5-9-21-17/h4-10,14-15H,3,11H2,1-2H3. The summed E-state index contributed by atoms with van der Waals surface area (Å²) < 4.78 is 10.9. The molecular formula is C20H19NO3. The van der Waals surface area contributed by atoms with Crippen LogP contribution in [0, 0.1) is 6.92 Å². The Bertz CT molecular complexity index is 898. The minimum atomic E-state index is -0.317. The largest absolute Gasteiger partial charge is 0.462 e. The number of ether oxygens (including phenoxy) is 1. The van der Waals surface area contributed by atoms with Gasteiger partial charge >= 0.3 is 5.97 Å². The van der Waals surface area contributed by atoms with Gasteiger partial charge in [-0.05, 0) is 56.0 Å². The zero-order chi connectivity index (χ0) is 16.7. The molecule has 2 atom stereocenters. The summed E-state index contributed by atoms with van der Waals surface area (Å²) >= 11 is 0. The number of aryl methyl sites for hydroxylation is 1. The summed E-state index contributed by atoms with van der Waals surface area (Å²) in [5, 5.41) is 0.843. The molecule has 0 N–H and O–H groups in total. The Morgan fingerprint density at radius 2 is 2.17 bits per heavy atom. The van der Waals surface area contributed by atoms with E-state index in [-0.39, 0.29) is 5.97 Å². The first-order valence-corrected chi connectivity index (χ1v) is 8.30. The summed E-state index contributed by atoms with van der Waals surface area (Å²) in [5.74, 6) is 1.21. The molecule has 3 aromatic rings. The number of hydrogen-bond acceptors (Lipinski definition) is 4. The van der Waals surface area contributed by atoms with Crippen LogP contribution >= 0.6 is 0 Å². The Balaban J connectivity index is 1.69. The number of fused-ring (bicyclic) bond motifs is 1. The number of hydrogen-bond donors (Lipinski definition) is 0. The number of aromatic nitrogens is 1. The van der Waals surface area contributed by atoms with Crippen molar-refractivity contribution in [3.05, 3.63) is 65.2 Å². The molecule has 4 heteroatoms. The molecule has 0 saturated heterocycles. The lowest BCUT2D eigenvalue weighted by Crippen LogP contribution is -2.05. The second-order valence-electron chi connectivity index (χ2n) is 6.21.